The number of nitrogens with one attached hydrogen (secondary N) is 3. The van der Waals surface area contributed by atoms with Crippen LogP contribution in [0.3, 0.4) is 0 Å². The molecule has 2 rings (SSSR count). The summed E-state index contributed by atoms with van der Waals surface area (Å²) >= 11 is 0. The van der Waals surface area contributed by atoms with Gasteiger partial charge in [0, 0.05) is 28.7 Å². The largest absolute Gasteiger partial charge is 0.450 e. The molecule has 3 N–H and O–H groups in total. The van der Waals surface area contributed by atoms with Crippen LogP contribution in [0, 0.1) is 24.0 Å². The standard InChI is InChI=1S/C18H20N4O5/c1-4-27-18(24)21-15-9-13(7-5-11(15)2)19-17(23)20-14-8-6-12(3)16(10-14)22(25)26/h5-10H,4H2,1-3H3,(H,21,24)(H2,19,20,23). The molecule has 0 fully saturated rings. The van der Waals surface area contributed by atoms with Gasteiger partial charge in [0.15, 0.2) is 0 Å². The fraction of sp³-hybridized carbons (Fsp3) is 0.222. The van der Waals surface area contributed by atoms with Gasteiger partial charge in [-0.2, -0.15) is 0 Å². The van der Waals surface area contributed by atoms with E-state index in [9.17, 15) is 19.7 Å². The third-order valence-corrected chi connectivity index (χ3v) is 3.67. The molecule has 0 aliphatic carbocycles. The molecule has 2 aromatic carbocycles. The number of nitro benzene ring substituents is 1. The van der Waals surface area contributed by atoms with Crippen LogP contribution in [-0.2, 0) is 4.74 Å². The summed E-state index contributed by atoms with van der Waals surface area (Å²) in [6.07, 6.45) is -0.589. The first-order valence-electron chi connectivity index (χ1n) is 8.17. The maximum atomic E-state index is 12.2. The van der Waals surface area contributed by atoms with Gasteiger partial charge in [0.1, 0.15) is 0 Å². The number of rotatable bonds is 5. The summed E-state index contributed by atoms with van der Waals surface area (Å²) in [5, 5.41) is 18.7. The van der Waals surface area contributed by atoms with Gasteiger partial charge in [-0.25, -0.2) is 9.59 Å². The number of ether oxygens (including phenoxy) is 1. The zero-order valence-electron chi connectivity index (χ0n) is 15.2. The molecule has 0 aliphatic rings. The number of urea groups is 1. The molecule has 9 heteroatoms. The Balaban J connectivity index is 2.08. The Morgan fingerprint density at radius 2 is 1.59 bits per heavy atom. The fourth-order valence-corrected chi connectivity index (χ4v) is 2.29. The van der Waals surface area contributed by atoms with E-state index < -0.39 is 17.0 Å². The van der Waals surface area contributed by atoms with Crippen molar-refractivity contribution in [2.75, 3.05) is 22.6 Å². The molecule has 0 heterocycles. The third-order valence-electron chi connectivity index (χ3n) is 3.67. The van der Waals surface area contributed by atoms with Gasteiger partial charge in [0.05, 0.1) is 11.5 Å². The molecular weight excluding hydrogens is 352 g/mol. The molecule has 0 atom stereocenters. The lowest BCUT2D eigenvalue weighted by molar-refractivity contribution is -0.385. The second kappa shape index (κ2) is 8.65. The molecule has 0 aromatic heterocycles. The molecular formula is C18H20N4O5. The number of hydrogen-bond donors (Lipinski definition) is 3. The predicted molar refractivity (Wildman–Crippen MR) is 102 cm³/mol. The van der Waals surface area contributed by atoms with Crippen LogP contribution in [0.15, 0.2) is 36.4 Å². The quantitative estimate of drug-likeness (QED) is 0.529. The number of nitrogens with zero attached hydrogens (tertiary/aromatic N) is 1. The molecule has 0 saturated heterocycles. The first kappa shape index (κ1) is 19.7. The van der Waals surface area contributed by atoms with Crippen LogP contribution >= 0.6 is 0 Å². The molecule has 3 amide bonds. The van der Waals surface area contributed by atoms with Gasteiger partial charge in [-0.3, -0.25) is 15.4 Å². The fourth-order valence-electron chi connectivity index (χ4n) is 2.29. The Morgan fingerprint density at radius 3 is 2.19 bits per heavy atom. The highest BCUT2D eigenvalue weighted by atomic mass is 16.6. The van der Waals surface area contributed by atoms with E-state index >= 15 is 0 Å². The Labute approximate surface area is 155 Å². The van der Waals surface area contributed by atoms with Gasteiger partial charge in [-0.1, -0.05) is 12.1 Å². The second-order valence-electron chi connectivity index (χ2n) is 5.71. The lowest BCUT2D eigenvalue weighted by Gasteiger charge is -2.12. The van der Waals surface area contributed by atoms with E-state index in [-0.39, 0.29) is 12.3 Å². The molecule has 0 unspecified atom stereocenters. The summed E-state index contributed by atoms with van der Waals surface area (Å²) in [7, 11) is 0. The van der Waals surface area contributed by atoms with Crippen LogP contribution in [-0.4, -0.2) is 23.7 Å². The molecule has 142 valence electrons. The van der Waals surface area contributed by atoms with Gasteiger partial charge in [-0.05, 0) is 44.5 Å². The van der Waals surface area contributed by atoms with E-state index in [1.165, 1.54) is 6.07 Å². The van der Waals surface area contributed by atoms with Gasteiger partial charge >= 0.3 is 12.1 Å². The SMILES string of the molecule is CCOC(=O)Nc1cc(NC(=O)Nc2ccc(C)c([N+](=O)[O-])c2)ccc1C. The van der Waals surface area contributed by atoms with Gasteiger partial charge in [0.2, 0.25) is 0 Å². The zero-order chi connectivity index (χ0) is 20.0. The zero-order valence-corrected chi connectivity index (χ0v) is 15.2. The van der Waals surface area contributed by atoms with Crippen LogP contribution in [0.4, 0.5) is 32.3 Å². The number of benzene rings is 2. The Morgan fingerprint density at radius 1 is 1.00 bits per heavy atom. The van der Waals surface area contributed by atoms with E-state index in [0.717, 1.165) is 5.56 Å². The van der Waals surface area contributed by atoms with Crippen LogP contribution in [0.25, 0.3) is 0 Å². The average molecular weight is 372 g/mol. The Kier molecular flexibility index (Phi) is 6.32. The molecule has 0 radical (unpaired) electrons. The lowest BCUT2D eigenvalue weighted by Crippen LogP contribution is -2.20. The van der Waals surface area contributed by atoms with Crippen molar-refractivity contribution in [1.29, 1.82) is 0 Å². The highest BCUT2D eigenvalue weighted by Crippen LogP contribution is 2.23. The summed E-state index contributed by atoms with van der Waals surface area (Å²) < 4.78 is 4.84. The number of carbonyl (C=O) groups excluding carboxylic acids is 2. The summed E-state index contributed by atoms with van der Waals surface area (Å²) in [4.78, 5) is 34.2. The lowest BCUT2D eigenvalue weighted by atomic mass is 10.2. The molecule has 0 saturated carbocycles. The number of hydrogen-bond acceptors (Lipinski definition) is 5. The van der Waals surface area contributed by atoms with Crippen molar-refractivity contribution >= 4 is 34.9 Å². The van der Waals surface area contributed by atoms with Crippen LogP contribution in [0.2, 0.25) is 0 Å². The van der Waals surface area contributed by atoms with Crippen molar-refractivity contribution in [2.24, 2.45) is 0 Å². The number of aryl methyl sites for hydroxylation is 2. The molecule has 27 heavy (non-hydrogen) atoms. The normalized spacial score (nSPS) is 10.0. The van der Waals surface area contributed by atoms with Gasteiger partial charge in [-0.15, -0.1) is 0 Å². The van der Waals surface area contributed by atoms with E-state index in [2.05, 4.69) is 16.0 Å². The van der Waals surface area contributed by atoms with Crippen LogP contribution in [0.5, 0.6) is 0 Å². The molecule has 0 aliphatic heterocycles. The number of nitro groups is 1. The topological polar surface area (TPSA) is 123 Å². The summed E-state index contributed by atoms with van der Waals surface area (Å²) in [6, 6.07) is 8.84. The van der Waals surface area contributed by atoms with E-state index in [1.807, 2.05) is 0 Å². The summed E-state index contributed by atoms with van der Waals surface area (Å²) in [6.45, 7) is 5.36. The molecule has 9 nitrogen and oxygen atoms in total. The van der Waals surface area contributed by atoms with E-state index in [1.54, 1.807) is 51.1 Å². The third kappa shape index (κ3) is 5.43. The molecule has 0 spiro atoms. The minimum atomic E-state index is -0.589. The monoisotopic (exact) mass is 372 g/mol. The highest BCUT2D eigenvalue weighted by molar-refractivity contribution is 6.00. The van der Waals surface area contributed by atoms with Gasteiger partial charge in [0.25, 0.3) is 5.69 Å². The van der Waals surface area contributed by atoms with Crippen LogP contribution in [0.1, 0.15) is 18.1 Å². The first-order valence-corrected chi connectivity index (χ1v) is 8.17. The minimum Gasteiger partial charge on any atom is -0.450 e. The minimum absolute atomic E-state index is 0.0796. The van der Waals surface area contributed by atoms with Crippen molar-refractivity contribution in [3.63, 3.8) is 0 Å². The maximum absolute atomic E-state index is 12.2. The average Bonchev–Trinajstić information content (AvgIpc) is 2.59. The van der Waals surface area contributed by atoms with Crippen LogP contribution < -0.4 is 16.0 Å². The number of amides is 3. The predicted octanol–water partition coefficient (Wildman–Crippen LogP) is 4.42. The number of carbonyl (C=O) groups is 2. The Bertz CT molecular complexity index is 882. The van der Waals surface area contributed by atoms with Crippen molar-refractivity contribution in [3.05, 3.63) is 57.6 Å². The van der Waals surface area contributed by atoms with Gasteiger partial charge < -0.3 is 15.4 Å². The second-order valence-corrected chi connectivity index (χ2v) is 5.71. The van der Waals surface area contributed by atoms with Crippen molar-refractivity contribution in [2.45, 2.75) is 20.8 Å². The summed E-state index contributed by atoms with van der Waals surface area (Å²) in [5.74, 6) is 0. The summed E-state index contributed by atoms with van der Waals surface area (Å²) in [5.41, 5.74) is 2.44. The highest BCUT2D eigenvalue weighted by Gasteiger charge is 2.13. The Hall–Kier alpha value is -3.62. The van der Waals surface area contributed by atoms with Crippen molar-refractivity contribution < 1.29 is 19.2 Å². The number of anilines is 3. The maximum Gasteiger partial charge on any atom is 0.411 e. The van der Waals surface area contributed by atoms with E-state index in [4.69, 9.17) is 4.74 Å². The smallest absolute Gasteiger partial charge is 0.411 e. The molecule has 2 aromatic rings. The van der Waals surface area contributed by atoms with E-state index in [0.29, 0.717) is 22.6 Å². The molecule has 0 bridgehead atoms. The van der Waals surface area contributed by atoms with Crippen molar-refractivity contribution in [1.82, 2.24) is 0 Å². The van der Waals surface area contributed by atoms with Crippen molar-refractivity contribution in [3.8, 4) is 0 Å². The first-order chi connectivity index (χ1) is 12.8.